The van der Waals surface area contributed by atoms with Crippen LogP contribution in [-0.4, -0.2) is 57.0 Å². The number of morpholine rings is 1. The minimum absolute atomic E-state index is 0.197. The molecule has 1 aliphatic heterocycles. The van der Waals surface area contributed by atoms with Crippen LogP contribution in [0.5, 0.6) is 0 Å². The number of non-ortho nitro benzene ring substituents is 1. The van der Waals surface area contributed by atoms with Gasteiger partial charge in [-0.05, 0) is 30.7 Å². The molecule has 0 saturated carbocycles. The zero-order chi connectivity index (χ0) is 22.6. The number of aryl methyl sites for hydroxylation is 1. The number of hydrogen-bond donors (Lipinski definition) is 0. The molecule has 1 heterocycles. The number of rotatable bonds is 6. The first-order chi connectivity index (χ1) is 14.7. The topological polar surface area (TPSA) is 110 Å². The third kappa shape index (κ3) is 4.84. The van der Waals surface area contributed by atoms with E-state index in [0.29, 0.717) is 37.4 Å². The van der Waals surface area contributed by atoms with Gasteiger partial charge < -0.3 is 9.64 Å². The first-order valence-electron chi connectivity index (χ1n) is 9.44. The minimum atomic E-state index is -4.32. The second-order valence-corrected chi connectivity index (χ2v) is 8.74. The molecule has 1 aliphatic rings. The number of carbonyl (C=O) groups excluding carboxylic acids is 1. The number of benzene rings is 2. The van der Waals surface area contributed by atoms with Gasteiger partial charge in [0.05, 0.1) is 28.7 Å². The van der Waals surface area contributed by atoms with E-state index in [-0.39, 0.29) is 16.3 Å². The van der Waals surface area contributed by atoms with Crippen molar-refractivity contribution in [3.63, 3.8) is 0 Å². The van der Waals surface area contributed by atoms with Crippen molar-refractivity contribution in [1.82, 2.24) is 4.90 Å². The van der Waals surface area contributed by atoms with Gasteiger partial charge in [-0.25, -0.2) is 8.42 Å². The maximum absolute atomic E-state index is 13.6. The van der Waals surface area contributed by atoms with E-state index >= 15 is 0 Å². The van der Waals surface area contributed by atoms with E-state index in [1.807, 2.05) is 0 Å². The van der Waals surface area contributed by atoms with Gasteiger partial charge in [0.1, 0.15) is 6.54 Å². The number of ether oxygens (including phenoxy) is 1. The van der Waals surface area contributed by atoms with Crippen molar-refractivity contribution in [2.45, 2.75) is 11.8 Å². The molecule has 0 bridgehead atoms. The molecule has 0 atom stereocenters. The van der Waals surface area contributed by atoms with Crippen molar-refractivity contribution >= 4 is 27.3 Å². The Morgan fingerprint density at radius 2 is 1.97 bits per heavy atom. The predicted molar refractivity (Wildman–Crippen MR) is 114 cm³/mol. The van der Waals surface area contributed by atoms with E-state index in [9.17, 15) is 23.3 Å². The highest BCUT2D eigenvalue weighted by Crippen LogP contribution is 2.29. The van der Waals surface area contributed by atoms with Gasteiger partial charge in [-0.15, -0.1) is 6.42 Å². The molecule has 0 aromatic heterocycles. The maximum atomic E-state index is 13.6. The summed E-state index contributed by atoms with van der Waals surface area (Å²) in [5, 5.41) is 11.2. The van der Waals surface area contributed by atoms with Crippen LogP contribution in [0.25, 0.3) is 0 Å². The summed E-state index contributed by atoms with van der Waals surface area (Å²) in [6.45, 7) is 2.51. The molecule has 2 aromatic rings. The van der Waals surface area contributed by atoms with Crippen LogP contribution in [0.2, 0.25) is 0 Å². The van der Waals surface area contributed by atoms with Crippen LogP contribution in [-0.2, 0) is 19.6 Å². The van der Waals surface area contributed by atoms with E-state index in [1.165, 1.54) is 36.1 Å². The first kappa shape index (κ1) is 22.3. The third-order valence-corrected chi connectivity index (χ3v) is 6.81. The lowest BCUT2D eigenvalue weighted by Gasteiger charge is -2.31. The van der Waals surface area contributed by atoms with Crippen LogP contribution in [0, 0.1) is 29.4 Å². The summed E-state index contributed by atoms with van der Waals surface area (Å²) >= 11 is 0. The fourth-order valence-electron chi connectivity index (χ4n) is 3.20. The molecule has 162 valence electrons. The van der Waals surface area contributed by atoms with E-state index in [4.69, 9.17) is 11.2 Å². The van der Waals surface area contributed by atoms with Crippen LogP contribution in [0.1, 0.15) is 11.1 Å². The van der Waals surface area contributed by atoms with E-state index in [1.54, 1.807) is 12.1 Å². The van der Waals surface area contributed by atoms with Gasteiger partial charge in [-0.1, -0.05) is 18.1 Å². The molecular weight excluding hydrogens is 422 g/mol. The predicted octanol–water partition coefficient (Wildman–Crippen LogP) is 1.94. The van der Waals surface area contributed by atoms with Gasteiger partial charge in [0.15, 0.2) is 0 Å². The lowest BCUT2D eigenvalue weighted by molar-refractivity contribution is -0.385. The number of nitro benzene ring substituents is 1. The van der Waals surface area contributed by atoms with E-state index in [2.05, 4.69) is 5.92 Å². The van der Waals surface area contributed by atoms with Gasteiger partial charge in [0, 0.05) is 30.8 Å². The summed E-state index contributed by atoms with van der Waals surface area (Å²) in [5.74, 6) is 2.04. The van der Waals surface area contributed by atoms with Crippen molar-refractivity contribution in [3.8, 4) is 12.3 Å². The average molecular weight is 443 g/mol. The second-order valence-electron chi connectivity index (χ2n) is 6.91. The molecule has 2 aromatic carbocycles. The number of amides is 1. The van der Waals surface area contributed by atoms with Crippen LogP contribution in [0.15, 0.2) is 47.4 Å². The quantitative estimate of drug-likeness (QED) is 0.383. The summed E-state index contributed by atoms with van der Waals surface area (Å²) in [4.78, 5) is 24.7. The SMILES string of the molecule is C#Cc1cccc(N(CC(=O)N2CCOCC2)S(=O)(=O)c2cc([N+](=O)[O-])ccc2C)c1. The summed E-state index contributed by atoms with van der Waals surface area (Å²) in [7, 11) is -4.32. The van der Waals surface area contributed by atoms with Crippen molar-refractivity contribution in [2.75, 3.05) is 37.2 Å². The van der Waals surface area contributed by atoms with Crippen molar-refractivity contribution < 1.29 is 22.9 Å². The van der Waals surface area contributed by atoms with Crippen molar-refractivity contribution in [1.29, 1.82) is 0 Å². The van der Waals surface area contributed by atoms with Crippen molar-refractivity contribution in [2.24, 2.45) is 0 Å². The molecule has 0 aliphatic carbocycles. The Bertz CT molecular complexity index is 1150. The number of nitrogens with zero attached hydrogens (tertiary/aromatic N) is 3. The number of nitro groups is 1. The Hall–Kier alpha value is -3.42. The number of carbonyl (C=O) groups is 1. The molecule has 1 amide bonds. The molecule has 9 nitrogen and oxygen atoms in total. The zero-order valence-corrected chi connectivity index (χ0v) is 17.7. The summed E-state index contributed by atoms with van der Waals surface area (Å²) < 4.78 is 33.4. The Balaban J connectivity index is 2.08. The third-order valence-electron chi connectivity index (χ3n) is 4.89. The Kier molecular flexibility index (Phi) is 6.58. The summed E-state index contributed by atoms with van der Waals surface area (Å²) in [6, 6.07) is 9.83. The van der Waals surface area contributed by atoms with Crippen LogP contribution in [0.4, 0.5) is 11.4 Å². The Labute approximate surface area is 180 Å². The van der Waals surface area contributed by atoms with Gasteiger partial charge in [-0.2, -0.15) is 0 Å². The zero-order valence-electron chi connectivity index (χ0n) is 16.9. The van der Waals surface area contributed by atoms with Gasteiger partial charge in [-0.3, -0.25) is 19.2 Å². The van der Waals surface area contributed by atoms with E-state index < -0.39 is 27.4 Å². The average Bonchev–Trinajstić information content (AvgIpc) is 2.77. The second kappa shape index (κ2) is 9.16. The molecule has 0 unspecified atom stereocenters. The summed E-state index contributed by atoms with van der Waals surface area (Å²) in [5.41, 5.74) is 0.596. The van der Waals surface area contributed by atoms with Gasteiger partial charge in [0.2, 0.25) is 5.91 Å². The largest absolute Gasteiger partial charge is 0.378 e. The lowest BCUT2D eigenvalue weighted by Crippen LogP contribution is -2.47. The molecule has 3 rings (SSSR count). The monoisotopic (exact) mass is 443 g/mol. The standard InChI is InChI=1S/C21H21N3O6S/c1-3-17-5-4-6-18(13-17)23(15-21(25)22-9-11-30-12-10-22)31(28,29)20-14-19(24(26)27)8-7-16(20)2/h1,4-8,13-14H,9-12,15H2,2H3. The van der Waals surface area contributed by atoms with Crippen LogP contribution in [0.3, 0.4) is 0 Å². The molecule has 1 saturated heterocycles. The highest BCUT2D eigenvalue weighted by Gasteiger charge is 2.32. The fraction of sp³-hybridized carbons (Fsp3) is 0.286. The van der Waals surface area contributed by atoms with Gasteiger partial charge in [0.25, 0.3) is 15.7 Å². The molecule has 10 heteroatoms. The lowest BCUT2D eigenvalue weighted by atomic mass is 10.2. The molecule has 0 spiro atoms. The smallest absolute Gasteiger partial charge is 0.270 e. The number of hydrogen-bond acceptors (Lipinski definition) is 6. The Morgan fingerprint density at radius 1 is 1.26 bits per heavy atom. The maximum Gasteiger partial charge on any atom is 0.270 e. The molecule has 0 N–H and O–H groups in total. The molecule has 0 radical (unpaired) electrons. The molecule has 1 fully saturated rings. The van der Waals surface area contributed by atoms with Gasteiger partial charge >= 0.3 is 0 Å². The number of anilines is 1. The number of sulfonamides is 1. The highest BCUT2D eigenvalue weighted by molar-refractivity contribution is 7.93. The molecular formula is C21H21N3O6S. The minimum Gasteiger partial charge on any atom is -0.378 e. The highest BCUT2D eigenvalue weighted by atomic mass is 32.2. The van der Waals surface area contributed by atoms with Crippen LogP contribution >= 0.6 is 0 Å². The van der Waals surface area contributed by atoms with E-state index in [0.717, 1.165) is 10.4 Å². The normalized spacial score (nSPS) is 14.0. The molecule has 31 heavy (non-hydrogen) atoms. The Morgan fingerprint density at radius 3 is 2.61 bits per heavy atom. The first-order valence-corrected chi connectivity index (χ1v) is 10.9. The van der Waals surface area contributed by atoms with Crippen LogP contribution < -0.4 is 4.31 Å². The number of terminal acetylenes is 1. The van der Waals surface area contributed by atoms with Crippen molar-refractivity contribution in [3.05, 3.63) is 63.7 Å². The summed E-state index contributed by atoms with van der Waals surface area (Å²) in [6.07, 6.45) is 5.45. The fourth-order valence-corrected chi connectivity index (χ4v) is 4.85.